The van der Waals surface area contributed by atoms with Crippen molar-refractivity contribution in [1.29, 1.82) is 0 Å². The van der Waals surface area contributed by atoms with Crippen LogP contribution < -0.4 is 0 Å². The zero-order valence-corrected chi connectivity index (χ0v) is 16.4. The molecule has 0 aliphatic heterocycles. The zero-order chi connectivity index (χ0) is 20.2. The number of rotatable bonds is 13. The molecule has 0 amide bonds. The Morgan fingerprint density at radius 2 is 1.44 bits per heavy atom. The molecule has 0 aromatic heterocycles. The Morgan fingerprint density at radius 3 is 2.04 bits per heavy atom. The van der Waals surface area contributed by atoms with Crippen molar-refractivity contribution in [2.45, 2.75) is 71.6 Å². The Bertz CT molecular complexity index is 586. The third-order valence-corrected chi connectivity index (χ3v) is 4.41. The Labute approximate surface area is 161 Å². The number of aromatic hydroxyl groups is 3. The van der Waals surface area contributed by atoms with Crippen molar-refractivity contribution in [2.75, 3.05) is 6.61 Å². The highest BCUT2D eigenvalue weighted by atomic mass is 16.5. The Morgan fingerprint density at radius 1 is 0.889 bits per heavy atom. The number of Topliss-reactive ketones (excluding diaryl/α,β-unsaturated/α-hetero) is 1. The maximum absolute atomic E-state index is 11.8. The molecular weight excluding hydrogens is 348 g/mol. The van der Waals surface area contributed by atoms with E-state index in [0.717, 1.165) is 37.3 Å². The van der Waals surface area contributed by atoms with Gasteiger partial charge in [0.25, 0.3) is 0 Å². The van der Waals surface area contributed by atoms with Crippen molar-refractivity contribution in [3.05, 3.63) is 17.7 Å². The van der Waals surface area contributed by atoms with E-state index in [1.807, 2.05) is 0 Å². The third-order valence-electron chi connectivity index (χ3n) is 4.41. The lowest BCUT2D eigenvalue weighted by molar-refractivity contribution is -0.119. The molecule has 1 aromatic rings. The van der Waals surface area contributed by atoms with Gasteiger partial charge in [-0.2, -0.15) is 0 Å². The minimum atomic E-state index is -0.769. The molecule has 0 radical (unpaired) electrons. The maximum atomic E-state index is 11.8. The van der Waals surface area contributed by atoms with Gasteiger partial charge in [-0.3, -0.25) is 4.79 Å². The van der Waals surface area contributed by atoms with Crippen LogP contribution in [-0.4, -0.2) is 33.7 Å². The van der Waals surface area contributed by atoms with Gasteiger partial charge in [0.05, 0.1) is 12.2 Å². The minimum absolute atomic E-state index is 0.0464. The Balaban J connectivity index is 2.12. The smallest absolute Gasteiger partial charge is 0.338 e. The second-order valence-corrected chi connectivity index (χ2v) is 7.34. The van der Waals surface area contributed by atoms with E-state index in [0.29, 0.717) is 6.42 Å². The van der Waals surface area contributed by atoms with Gasteiger partial charge >= 0.3 is 5.97 Å². The first-order valence-corrected chi connectivity index (χ1v) is 9.75. The summed E-state index contributed by atoms with van der Waals surface area (Å²) in [6.07, 6.45) is 8.71. The standard InChI is InChI=1S/C21H32O6/c1-15(2)9-7-5-3-4-6-8-10-17(22)11-12-27-21(26)16-13-18(23)20(25)19(24)14-16/h13-15,23-25H,3-12H2,1-2H3. The number of hydrogen-bond donors (Lipinski definition) is 3. The molecule has 0 atom stereocenters. The molecule has 0 unspecified atom stereocenters. The summed E-state index contributed by atoms with van der Waals surface area (Å²) in [5.41, 5.74) is -0.0901. The third kappa shape index (κ3) is 9.31. The molecule has 27 heavy (non-hydrogen) atoms. The van der Waals surface area contributed by atoms with E-state index in [9.17, 15) is 24.9 Å². The number of ether oxygens (including phenoxy) is 1. The molecule has 0 saturated heterocycles. The molecule has 6 heteroatoms. The molecule has 6 nitrogen and oxygen atoms in total. The van der Waals surface area contributed by atoms with Crippen LogP contribution in [-0.2, 0) is 9.53 Å². The monoisotopic (exact) mass is 380 g/mol. The number of benzene rings is 1. The molecule has 1 aromatic carbocycles. The van der Waals surface area contributed by atoms with E-state index in [-0.39, 0.29) is 24.4 Å². The van der Waals surface area contributed by atoms with Crippen molar-refractivity contribution >= 4 is 11.8 Å². The fraction of sp³-hybridized carbons (Fsp3) is 0.619. The van der Waals surface area contributed by atoms with Gasteiger partial charge in [0, 0.05) is 12.8 Å². The predicted octanol–water partition coefficient (Wildman–Crippen LogP) is 4.70. The number of hydrogen-bond acceptors (Lipinski definition) is 6. The van der Waals surface area contributed by atoms with E-state index in [1.165, 1.54) is 25.7 Å². The van der Waals surface area contributed by atoms with Crippen molar-refractivity contribution in [2.24, 2.45) is 5.92 Å². The lowest BCUT2D eigenvalue weighted by Crippen LogP contribution is -2.10. The van der Waals surface area contributed by atoms with Gasteiger partial charge in [-0.05, 0) is 24.5 Å². The van der Waals surface area contributed by atoms with Gasteiger partial charge in [-0.25, -0.2) is 4.79 Å². The summed E-state index contributed by atoms with van der Waals surface area (Å²) in [6, 6.07) is 2.00. The van der Waals surface area contributed by atoms with E-state index in [1.54, 1.807) is 0 Å². The fourth-order valence-electron chi connectivity index (χ4n) is 2.77. The van der Waals surface area contributed by atoms with Crippen LogP contribution in [0.2, 0.25) is 0 Å². The van der Waals surface area contributed by atoms with Crippen LogP contribution in [0.15, 0.2) is 12.1 Å². The second kappa shape index (κ2) is 12.2. The summed E-state index contributed by atoms with van der Waals surface area (Å²) in [5.74, 6) is -1.86. The van der Waals surface area contributed by atoms with E-state index >= 15 is 0 Å². The molecule has 0 aliphatic rings. The summed E-state index contributed by atoms with van der Waals surface area (Å²) >= 11 is 0. The summed E-state index contributed by atoms with van der Waals surface area (Å²) < 4.78 is 4.98. The summed E-state index contributed by atoms with van der Waals surface area (Å²) in [6.45, 7) is 4.43. The van der Waals surface area contributed by atoms with Crippen LogP contribution in [0.3, 0.4) is 0 Å². The van der Waals surface area contributed by atoms with Crippen molar-refractivity contribution in [3.63, 3.8) is 0 Å². The summed E-state index contributed by atoms with van der Waals surface area (Å²) in [7, 11) is 0. The van der Waals surface area contributed by atoms with Crippen LogP contribution in [0.1, 0.15) is 82.0 Å². The minimum Gasteiger partial charge on any atom is -0.504 e. The number of phenolic OH excluding ortho intramolecular Hbond substituents is 3. The Hall–Kier alpha value is -2.24. The second-order valence-electron chi connectivity index (χ2n) is 7.34. The van der Waals surface area contributed by atoms with Crippen LogP contribution in [0.5, 0.6) is 17.2 Å². The molecule has 0 spiro atoms. The average Bonchev–Trinajstić information content (AvgIpc) is 2.61. The highest BCUT2D eigenvalue weighted by molar-refractivity contribution is 5.91. The van der Waals surface area contributed by atoms with Crippen molar-refractivity contribution in [1.82, 2.24) is 0 Å². The summed E-state index contributed by atoms with van der Waals surface area (Å²) in [4.78, 5) is 23.7. The number of carbonyl (C=O) groups excluding carboxylic acids is 2. The van der Waals surface area contributed by atoms with Gasteiger partial charge in [-0.1, -0.05) is 52.4 Å². The lowest BCUT2D eigenvalue weighted by atomic mass is 10.0. The van der Waals surface area contributed by atoms with Gasteiger partial charge < -0.3 is 20.1 Å². The van der Waals surface area contributed by atoms with Crippen LogP contribution in [0, 0.1) is 5.92 Å². The molecule has 1 rings (SSSR count). The Kier molecular flexibility index (Phi) is 10.3. The molecule has 0 bridgehead atoms. The van der Waals surface area contributed by atoms with Gasteiger partial charge in [0.2, 0.25) is 0 Å². The quantitative estimate of drug-likeness (QED) is 0.260. The van der Waals surface area contributed by atoms with Gasteiger partial charge in [-0.15, -0.1) is 0 Å². The first-order valence-electron chi connectivity index (χ1n) is 9.75. The molecule has 0 heterocycles. The molecule has 0 aliphatic carbocycles. The first kappa shape index (κ1) is 22.8. The number of esters is 1. The van der Waals surface area contributed by atoms with Crippen LogP contribution in [0.4, 0.5) is 0 Å². The van der Waals surface area contributed by atoms with Gasteiger partial charge in [0.15, 0.2) is 17.2 Å². The highest BCUT2D eigenvalue weighted by Crippen LogP contribution is 2.35. The van der Waals surface area contributed by atoms with Crippen LogP contribution in [0.25, 0.3) is 0 Å². The van der Waals surface area contributed by atoms with E-state index in [2.05, 4.69) is 13.8 Å². The average molecular weight is 380 g/mol. The fourth-order valence-corrected chi connectivity index (χ4v) is 2.77. The first-order chi connectivity index (χ1) is 12.8. The number of phenols is 3. The van der Waals surface area contributed by atoms with E-state index in [4.69, 9.17) is 4.74 Å². The maximum Gasteiger partial charge on any atom is 0.338 e. The number of ketones is 1. The van der Waals surface area contributed by atoms with Gasteiger partial charge in [0.1, 0.15) is 5.78 Å². The normalized spacial score (nSPS) is 10.9. The largest absolute Gasteiger partial charge is 0.504 e. The predicted molar refractivity (Wildman–Crippen MR) is 103 cm³/mol. The topological polar surface area (TPSA) is 104 Å². The molecule has 0 saturated carbocycles. The lowest BCUT2D eigenvalue weighted by Gasteiger charge is -2.07. The molecule has 0 fully saturated rings. The summed E-state index contributed by atoms with van der Waals surface area (Å²) in [5, 5.41) is 28.0. The van der Waals surface area contributed by atoms with Crippen molar-refractivity contribution < 1.29 is 29.6 Å². The molecule has 3 N–H and O–H groups in total. The number of unbranched alkanes of at least 4 members (excludes halogenated alkanes) is 5. The molecular formula is C21H32O6. The SMILES string of the molecule is CC(C)CCCCCCCCC(=O)CCOC(=O)c1cc(O)c(O)c(O)c1. The zero-order valence-electron chi connectivity index (χ0n) is 16.4. The van der Waals surface area contributed by atoms with E-state index < -0.39 is 23.2 Å². The van der Waals surface area contributed by atoms with Crippen LogP contribution >= 0.6 is 0 Å². The molecule has 152 valence electrons. The van der Waals surface area contributed by atoms with Crippen molar-refractivity contribution in [3.8, 4) is 17.2 Å². The highest BCUT2D eigenvalue weighted by Gasteiger charge is 2.15. The number of carbonyl (C=O) groups is 2.